The second-order valence-electron chi connectivity index (χ2n) is 3.49. The molecular weight excluding hydrogens is 259 g/mol. The topological polar surface area (TPSA) is 66.5 Å². The largest absolute Gasteiger partial charge is 0.508 e. The van der Waals surface area contributed by atoms with Gasteiger partial charge in [0.05, 0.1) is 6.10 Å². The van der Waals surface area contributed by atoms with Crippen molar-refractivity contribution < 1.29 is 23.4 Å². The quantitative estimate of drug-likeness (QED) is 0.789. The maximum Gasteiger partial charge on any atom is 0.403 e. The minimum absolute atomic E-state index is 0. The summed E-state index contributed by atoms with van der Waals surface area (Å²) in [5, 5.41) is 18.6. The minimum atomic E-state index is -4.53. The molecule has 0 spiro atoms. The molecule has 0 saturated carbocycles. The van der Waals surface area contributed by atoms with Crippen molar-refractivity contribution >= 4 is 12.4 Å². The van der Waals surface area contributed by atoms with Gasteiger partial charge in [0.2, 0.25) is 0 Å². The van der Waals surface area contributed by atoms with Crippen LogP contribution in [-0.4, -0.2) is 22.4 Å². The average molecular weight is 272 g/mol. The van der Waals surface area contributed by atoms with Crippen molar-refractivity contribution in [3.63, 3.8) is 0 Å². The SMILES string of the molecule is Cl.N[C@@H](C[C@@H](O)c1cccc(O)c1)C(F)(F)F. The Balaban J connectivity index is 0.00000256. The van der Waals surface area contributed by atoms with Gasteiger partial charge in [0.15, 0.2) is 0 Å². The highest BCUT2D eigenvalue weighted by Gasteiger charge is 2.37. The highest BCUT2D eigenvalue weighted by molar-refractivity contribution is 5.85. The van der Waals surface area contributed by atoms with Crippen molar-refractivity contribution in [3.05, 3.63) is 29.8 Å². The molecule has 0 fully saturated rings. The smallest absolute Gasteiger partial charge is 0.403 e. The van der Waals surface area contributed by atoms with E-state index in [2.05, 4.69) is 0 Å². The van der Waals surface area contributed by atoms with Gasteiger partial charge in [-0.05, 0) is 17.7 Å². The number of phenols is 1. The van der Waals surface area contributed by atoms with Crippen LogP contribution < -0.4 is 5.73 Å². The standard InChI is InChI=1S/C10H12F3NO2.ClH/c11-10(12,13)9(14)5-8(16)6-2-1-3-7(15)4-6;/h1-4,8-9,15-16H,5,14H2;1H/t8-,9+;/m1./s1. The molecule has 0 amide bonds. The normalized spacial score (nSPS) is 14.9. The van der Waals surface area contributed by atoms with Crippen molar-refractivity contribution in [1.29, 1.82) is 0 Å². The zero-order valence-corrected chi connectivity index (χ0v) is 9.50. The van der Waals surface area contributed by atoms with E-state index in [1.807, 2.05) is 0 Å². The predicted octanol–water partition coefficient (Wildman–Crippen LogP) is 2.13. The first-order valence-corrected chi connectivity index (χ1v) is 4.60. The summed E-state index contributed by atoms with van der Waals surface area (Å²) in [4.78, 5) is 0. The number of halogens is 4. The Bertz CT molecular complexity index is 360. The van der Waals surface area contributed by atoms with Crippen LogP contribution in [-0.2, 0) is 0 Å². The fraction of sp³-hybridized carbons (Fsp3) is 0.400. The number of phenolic OH excluding ortho intramolecular Hbond substituents is 1. The van der Waals surface area contributed by atoms with Crippen LogP contribution in [0.5, 0.6) is 5.75 Å². The lowest BCUT2D eigenvalue weighted by atomic mass is 10.0. The first-order chi connectivity index (χ1) is 7.30. The molecule has 2 atom stereocenters. The highest BCUT2D eigenvalue weighted by Crippen LogP contribution is 2.27. The lowest BCUT2D eigenvalue weighted by Gasteiger charge is -2.19. The Hall–Kier alpha value is -0.980. The van der Waals surface area contributed by atoms with E-state index in [0.29, 0.717) is 0 Å². The van der Waals surface area contributed by atoms with Crippen molar-refractivity contribution in [3.8, 4) is 5.75 Å². The molecule has 0 aromatic heterocycles. The van der Waals surface area contributed by atoms with Gasteiger partial charge >= 0.3 is 6.18 Å². The van der Waals surface area contributed by atoms with Crippen LogP contribution in [0.4, 0.5) is 13.2 Å². The van der Waals surface area contributed by atoms with E-state index in [-0.39, 0.29) is 23.7 Å². The third kappa shape index (κ3) is 4.80. The van der Waals surface area contributed by atoms with Crippen LogP contribution in [0, 0.1) is 0 Å². The van der Waals surface area contributed by atoms with Crippen molar-refractivity contribution in [1.82, 2.24) is 0 Å². The molecule has 0 aliphatic carbocycles. The van der Waals surface area contributed by atoms with Crippen molar-refractivity contribution in [2.45, 2.75) is 24.7 Å². The molecule has 0 heterocycles. The molecule has 98 valence electrons. The number of rotatable bonds is 3. The van der Waals surface area contributed by atoms with Crippen LogP contribution in [0.3, 0.4) is 0 Å². The molecule has 0 unspecified atom stereocenters. The molecule has 7 heteroatoms. The highest BCUT2D eigenvalue weighted by atomic mass is 35.5. The number of aliphatic hydroxyl groups excluding tert-OH is 1. The first-order valence-electron chi connectivity index (χ1n) is 4.60. The van der Waals surface area contributed by atoms with E-state index in [1.165, 1.54) is 24.3 Å². The molecule has 4 N–H and O–H groups in total. The van der Waals surface area contributed by atoms with Gasteiger partial charge in [-0.15, -0.1) is 12.4 Å². The van der Waals surface area contributed by atoms with E-state index in [9.17, 15) is 18.3 Å². The zero-order chi connectivity index (χ0) is 12.3. The van der Waals surface area contributed by atoms with E-state index in [1.54, 1.807) is 0 Å². The maximum absolute atomic E-state index is 12.1. The second kappa shape index (κ2) is 6.09. The molecule has 3 nitrogen and oxygen atoms in total. The molecule has 1 aromatic rings. The Morgan fingerprint density at radius 2 is 1.88 bits per heavy atom. The summed E-state index contributed by atoms with van der Waals surface area (Å²) >= 11 is 0. The molecule has 0 radical (unpaired) electrons. The second-order valence-corrected chi connectivity index (χ2v) is 3.49. The Morgan fingerprint density at radius 3 is 2.35 bits per heavy atom. The molecule has 0 aliphatic rings. The number of aromatic hydroxyl groups is 1. The lowest BCUT2D eigenvalue weighted by molar-refractivity contribution is -0.153. The van der Waals surface area contributed by atoms with Gasteiger partial charge in [-0.25, -0.2) is 0 Å². The minimum Gasteiger partial charge on any atom is -0.508 e. The Morgan fingerprint density at radius 1 is 1.29 bits per heavy atom. The maximum atomic E-state index is 12.1. The average Bonchev–Trinajstić information content (AvgIpc) is 2.16. The molecule has 1 rings (SSSR count). The van der Waals surface area contributed by atoms with Gasteiger partial charge in [0.25, 0.3) is 0 Å². The fourth-order valence-corrected chi connectivity index (χ4v) is 1.24. The van der Waals surface area contributed by atoms with Gasteiger partial charge in [-0.1, -0.05) is 12.1 Å². The molecule has 0 saturated heterocycles. The van der Waals surface area contributed by atoms with Gasteiger partial charge in [0, 0.05) is 6.42 Å². The van der Waals surface area contributed by atoms with Gasteiger partial charge < -0.3 is 15.9 Å². The van der Waals surface area contributed by atoms with Crippen LogP contribution >= 0.6 is 12.4 Å². The van der Waals surface area contributed by atoms with Gasteiger partial charge in [0.1, 0.15) is 11.8 Å². The molecule has 0 bridgehead atoms. The molecular formula is C10H13ClF3NO2. The number of aliphatic hydroxyl groups is 1. The number of benzene rings is 1. The number of hydrogen-bond donors (Lipinski definition) is 3. The van der Waals surface area contributed by atoms with Gasteiger partial charge in [-0.3, -0.25) is 0 Å². The Kier molecular flexibility index (Phi) is 5.74. The first kappa shape index (κ1) is 16.0. The fourth-order valence-electron chi connectivity index (χ4n) is 1.24. The number of hydrogen-bond acceptors (Lipinski definition) is 3. The van der Waals surface area contributed by atoms with E-state index < -0.39 is 24.7 Å². The summed E-state index contributed by atoms with van der Waals surface area (Å²) < 4.78 is 36.4. The number of nitrogens with two attached hydrogens (primary N) is 1. The molecule has 17 heavy (non-hydrogen) atoms. The van der Waals surface area contributed by atoms with E-state index in [4.69, 9.17) is 10.8 Å². The van der Waals surface area contributed by atoms with Crippen molar-refractivity contribution in [2.75, 3.05) is 0 Å². The van der Waals surface area contributed by atoms with Crippen LogP contribution in [0.15, 0.2) is 24.3 Å². The summed E-state index contributed by atoms with van der Waals surface area (Å²) in [6.07, 6.45) is -6.51. The predicted molar refractivity (Wildman–Crippen MR) is 59.0 cm³/mol. The monoisotopic (exact) mass is 271 g/mol. The van der Waals surface area contributed by atoms with Crippen LogP contribution in [0.2, 0.25) is 0 Å². The Labute approximate surface area is 102 Å². The lowest BCUT2D eigenvalue weighted by Crippen LogP contribution is -2.38. The summed E-state index contributed by atoms with van der Waals surface area (Å²) in [5.41, 5.74) is 5.09. The third-order valence-corrected chi connectivity index (χ3v) is 2.15. The van der Waals surface area contributed by atoms with Gasteiger partial charge in [-0.2, -0.15) is 13.2 Å². The summed E-state index contributed by atoms with van der Waals surface area (Å²) in [5.74, 6) is -0.114. The zero-order valence-electron chi connectivity index (χ0n) is 8.69. The molecule has 1 aromatic carbocycles. The van der Waals surface area contributed by atoms with Crippen molar-refractivity contribution in [2.24, 2.45) is 5.73 Å². The summed E-state index contributed by atoms with van der Waals surface area (Å²) in [6, 6.07) is 3.35. The number of alkyl halides is 3. The van der Waals surface area contributed by atoms with Crippen LogP contribution in [0.1, 0.15) is 18.1 Å². The van der Waals surface area contributed by atoms with E-state index in [0.717, 1.165) is 0 Å². The third-order valence-electron chi connectivity index (χ3n) is 2.15. The van der Waals surface area contributed by atoms with Crippen LogP contribution in [0.25, 0.3) is 0 Å². The summed E-state index contributed by atoms with van der Waals surface area (Å²) in [7, 11) is 0. The van der Waals surface area contributed by atoms with E-state index >= 15 is 0 Å². The summed E-state index contributed by atoms with van der Waals surface area (Å²) in [6.45, 7) is 0. The molecule has 0 aliphatic heterocycles.